The minimum atomic E-state index is -4.54. The van der Waals surface area contributed by atoms with E-state index < -0.39 is 12.0 Å². The lowest BCUT2D eigenvalue weighted by molar-refractivity contribution is -0.144. The van der Waals surface area contributed by atoms with Crippen molar-refractivity contribution in [2.24, 2.45) is 0 Å². The van der Waals surface area contributed by atoms with Crippen molar-refractivity contribution in [2.75, 3.05) is 23.7 Å². The van der Waals surface area contributed by atoms with Crippen molar-refractivity contribution in [1.29, 1.82) is 0 Å². The van der Waals surface area contributed by atoms with Crippen molar-refractivity contribution in [2.45, 2.75) is 45.7 Å². The van der Waals surface area contributed by atoms with Crippen LogP contribution < -0.4 is 10.6 Å². The van der Waals surface area contributed by atoms with Crippen LogP contribution >= 0.6 is 0 Å². The number of rotatable bonds is 8. The van der Waals surface area contributed by atoms with E-state index in [1.165, 1.54) is 6.07 Å². The zero-order chi connectivity index (χ0) is 15.0. The summed E-state index contributed by atoms with van der Waals surface area (Å²) in [7, 11) is 0. The third-order valence-corrected chi connectivity index (χ3v) is 2.67. The third-order valence-electron chi connectivity index (χ3n) is 2.67. The molecule has 0 aliphatic heterocycles. The highest BCUT2D eigenvalue weighted by atomic mass is 19.4. The van der Waals surface area contributed by atoms with Gasteiger partial charge in [-0.2, -0.15) is 13.2 Å². The molecule has 0 amide bonds. The van der Waals surface area contributed by atoms with Crippen molar-refractivity contribution in [3.8, 4) is 0 Å². The average Bonchev–Trinajstić information content (AvgIpc) is 2.38. The third kappa shape index (κ3) is 5.63. The van der Waals surface area contributed by atoms with Crippen LogP contribution in [0.4, 0.5) is 24.8 Å². The first kappa shape index (κ1) is 16.5. The Bertz CT molecular complexity index is 407. The van der Waals surface area contributed by atoms with E-state index in [1.54, 1.807) is 6.92 Å². The first-order chi connectivity index (χ1) is 9.47. The van der Waals surface area contributed by atoms with E-state index in [0.717, 1.165) is 25.7 Å². The van der Waals surface area contributed by atoms with Crippen LogP contribution in [0, 0.1) is 0 Å². The van der Waals surface area contributed by atoms with Crippen LogP contribution in [0.2, 0.25) is 0 Å². The average molecular weight is 290 g/mol. The second-order valence-electron chi connectivity index (χ2n) is 4.48. The van der Waals surface area contributed by atoms with Gasteiger partial charge in [0.15, 0.2) is 0 Å². The molecule has 0 unspecified atom stereocenters. The Morgan fingerprint density at radius 1 is 1.00 bits per heavy atom. The minimum Gasteiger partial charge on any atom is -0.370 e. The number of nitrogens with zero attached hydrogens (tertiary/aromatic N) is 2. The van der Waals surface area contributed by atoms with E-state index in [4.69, 9.17) is 0 Å². The lowest BCUT2D eigenvalue weighted by Crippen LogP contribution is -2.15. The van der Waals surface area contributed by atoms with Crippen LogP contribution in [0.3, 0.4) is 0 Å². The molecule has 1 aromatic rings. The van der Waals surface area contributed by atoms with E-state index in [0.29, 0.717) is 13.1 Å². The van der Waals surface area contributed by atoms with Gasteiger partial charge in [0.25, 0.3) is 0 Å². The summed E-state index contributed by atoms with van der Waals surface area (Å²) in [6.07, 6.45) is -0.321. The molecule has 1 heterocycles. The summed E-state index contributed by atoms with van der Waals surface area (Å²) < 4.78 is 38.1. The smallest absolute Gasteiger partial charge is 0.370 e. The SMILES string of the molecule is CCCCCCNc1cc(NCC)nc(C(F)(F)F)n1. The molecule has 0 aromatic carbocycles. The van der Waals surface area contributed by atoms with E-state index >= 15 is 0 Å². The quantitative estimate of drug-likeness (QED) is 0.712. The predicted octanol–water partition coefficient (Wildman–Crippen LogP) is 3.92. The monoisotopic (exact) mass is 290 g/mol. The maximum atomic E-state index is 12.7. The van der Waals surface area contributed by atoms with E-state index in [1.807, 2.05) is 0 Å². The predicted molar refractivity (Wildman–Crippen MR) is 73.8 cm³/mol. The molecule has 0 atom stereocenters. The summed E-state index contributed by atoms with van der Waals surface area (Å²) in [6, 6.07) is 1.50. The Kier molecular flexibility index (Phi) is 6.54. The molecule has 1 rings (SSSR count). The maximum Gasteiger partial charge on any atom is 0.451 e. The molecule has 0 aliphatic carbocycles. The zero-order valence-corrected chi connectivity index (χ0v) is 11.8. The maximum absolute atomic E-state index is 12.7. The normalized spacial score (nSPS) is 11.4. The van der Waals surface area contributed by atoms with Crippen molar-refractivity contribution in [3.05, 3.63) is 11.9 Å². The molecule has 0 aliphatic rings. The number of alkyl halides is 3. The van der Waals surface area contributed by atoms with Gasteiger partial charge in [-0.3, -0.25) is 0 Å². The van der Waals surface area contributed by atoms with Gasteiger partial charge in [-0.15, -0.1) is 0 Å². The fraction of sp³-hybridized carbons (Fsp3) is 0.692. The molecule has 1 aromatic heterocycles. The summed E-state index contributed by atoms with van der Waals surface area (Å²) in [5.74, 6) is -0.724. The molecule has 0 saturated carbocycles. The molecule has 2 N–H and O–H groups in total. The molecule has 0 radical (unpaired) electrons. The molecule has 0 spiro atoms. The largest absolute Gasteiger partial charge is 0.451 e. The van der Waals surface area contributed by atoms with Crippen molar-refractivity contribution < 1.29 is 13.2 Å². The fourth-order valence-electron chi connectivity index (χ4n) is 1.70. The van der Waals surface area contributed by atoms with Crippen LogP contribution in [0.1, 0.15) is 45.4 Å². The van der Waals surface area contributed by atoms with Crippen molar-refractivity contribution >= 4 is 11.6 Å². The van der Waals surface area contributed by atoms with Gasteiger partial charge in [0, 0.05) is 19.2 Å². The summed E-state index contributed by atoms with van der Waals surface area (Å²) in [5.41, 5.74) is 0. The molecule has 0 fully saturated rings. The van der Waals surface area contributed by atoms with Gasteiger partial charge in [-0.1, -0.05) is 26.2 Å². The second kappa shape index (κ2) is 7.91. The molecule has 7 heteroatoms. The van der Waals surface area contributed by atoms with Gasteiger partial charge in [0.05, 0.1) is 0 Å². The number of aromatic nitrogens is 2. The topological polar surface area (TPSA) is 49.8 Å². The second-order valence-corrected chi connectivity index (χ2v) is 4.48. The Balaban J connectivity index is 2.71. The number of halogens is 3. The molecule has 4 nitrogen and oxygen atoms in total. The van der Waals surface area contributed by atoms with E-state index in [9.17, 15) is 13.2 Å². The fourth-order valence-corrected chi connectivity index (χ4v) is 1.70. The number of unbranched alkanes of at least 4 members (excludes halogenated alkanes) is 3. The Morgan fingerprint density at radius 3 is 2.20 bits per heavy atom. The van der Waals surface area contributed by atoms with E-state index in [-0.39, 0.29) is 11.6 Å². The van der Waals surface area contributed by atoms with Crippen molar-refractivity contribution in [3.63, 3.8) is 0 Å². The molecule has 114 valence electrons. The highest BCUT2D eigenvalue weighted by Gasteiger charge is 2.35. The minimum absolute atomic E-state index is 0.186. The van der Waals surface area contributed by atoms with Crippen LogP contribution in [-0.4, -0.2) is 23.1 Å². The number of hydrogen-bond donors (Lipinski definition) is 2. The van der Waals surface area contributed by atoms with Crippen molar-refractivity contribution in [1.82, 2.24) is 9.97 Å². The molecular weight excluding hydrogens is 269 g/mol. The Morgan fingerprint density at radius 2 is 1.65 bits per heavy atom. The van der Waals surface area contributed by atoms with E-state index in [2.05, 4.69) is 27.5 Å². The molecule has 20 heavy (non-hydrogen) atoms. The number of hydrogen-bond acceptors (Lipinski definition) is 4. The first-order valence-electron chi connectivity index (χ1n) is 6.91. The summed E-state index contributed by atoms with van der Waals surface area (Å²) in [5, 5.41) is 5.70. The highest BCUT2D eigenvalue weighted by molar-refractivity contribution is 5.47. The highest BCUT2D eigenvalue weighted by Crippen LogP contribution is 2.28. The summed E-state index contributed by atoms with van der Waals surface area (Å²) >= 11 is 0. The molecule has 0 saturated heterocycles. The summed E-state index contributed by atoms with van der Waals surface area (Å²) in [6.45, 7) is 5.02. The molecular formula is C13H21F3N4. The molecule has 0 bridgehead atoms. The van der Waals surface area contributed by atoms with Gasteiger partial charge in [0.2, 0.25) is 5.82 Å². The number of anilines is 2. The van der Waals surface area contributed by atoms with Crippen LogP contribution in [0.15, 0.2) is 6.07 Å². The van der Waals surface area contributed by atoms with Gasteiger partial charge in [-0.25, -0.2) is 9.97 Å². The lowest BCUT2D eigenvalue weighted by atomic mass is 10.2. The van der Waals surface area contributed by atoms with Gasteiger partial charge >= 0.3 is 6.18 Å². The van der Waals surface area contributed by atoms with Crippen LogP contribution in [0.25, 0.3) is 0 Å². The zero-order valence-electron chi connectivity index (χ0n) is 11.8. The Hall–Kier alpha value is -1.53. The van der Waals surface area contributed by atoms with Gasteiger partial charge in [0.1, 0.15) is 11.6 Å². The lowest BCUT2D eigenvalue weighted by Gasteiger charge is -2.12. The Labute approximate surface area is 117 Å². The number of nitrogens with one attached hydrogen (secondary N) is 2. The van der Waals surface area contributed by atoms with Crippen LogP contribution in [-0.2, 0) is 6.18 Å². The first-order valence-corrected chi connectivity index (χ1v) is 6.91. The van der Waals surface area contributed by atoms with Crippen LogP contribution in [0.5, 0.6) is 0 Å². The van der Waals surface area contributed by atoms with Gasteiger partial charge in [-0.05, 0) is 13.3 Å². The summed E-state index contributed by atoms with van der Waals surface area (Å²) in [4.78, 5) is 6.98. The standard InChI is InChI=1S/C13H21F3N4/c1-3-5-6-7-8-18-11-9-10(17-4-2)19-12(20-11)13(14,15)16/h9H,3-8H2,1-2H3,(H2,17,18,19,20). The van der Waals surface area contributed by atoms with Gasteiger partial charge < -0.3 is 10.6 Å².